The number of rotatable bonds is 3. The Kier molecular flexibility index (Phi) is 3.87. The summed E-state index contributed by atoms with van der Waals surface area (Å²) in [5.41, 5.74) is 1.80. The smallest absolute Gasteiger partial charge is 0.335 e. The summed E-state index contributed by atoms with van der Waals surface area (Å²) in [5, 5.41) is 21.2. The molecule has 1 aromatic heterocycles. The van der Waals surface area contributed by atoms with Gasteiger partial charge in [-0.25, -0.2) is 9.78 Å². The molecule has 0 saturated carbocycles. The van der Waals surface area contributed by atoms with E-state index in [1.807, 2.05) is 0 Å². The molecule has 0 unspecified atom stereocenters. The zero-order valence-electron chi connectivity index (χ0n) is 10.5. The summed E-state index contributed by atoms with van der Waals surface area (Å²) in [6, 6.07) is 8.11. The first-order valence-electron chi connectivity index (χ1n) is 5.68. The minimum absolute atomic E-state index is 0.0956. The van der Waals surface area contributed by atoms with Gasteiger partial charge in [0.05, 0.1) is 21.8 Å². The van der Waals surface area contributed by atoms with Crippen molar-refractivity contribution >= 4 is 29.1 Å². The van der Waals surface area contributed by atoms with E-state index in [1.54, 1.807) is 19.2 Å². The quantitative estimate of drug-likeness (QED) is 0.904. The minimum Gasteiger partial charge on any atom is -0.478 e. The molecule has 5 nitrogen and oxygen atoms in total. The highest BCUT2D eigenvalue weighted by molar-refractivity contribution is 6.33. The Morgan fingerprint density at radius 1 is 1.45 bits per heavy atom. The van der Waals surface area contributed by atoms with Crippen LogP contribution in [0.4, 0.5) is 11.5 Å². The van der Waals surface area contributed by atoms with Gasteiger partial charge in [0.25, 0.3) is 0 Å². The third-order valence-electron chi connectivity index (χ3n) is 2.74. The second-order valence-electron chi connectivity index (χ2n) is 4.09. The second kappa shape index (κ2) is 5.59. The summed E-state index contributed by atoms with van der Waals surface area (Å²) in [5.74, 6) is -0.665. The van der Waals surface area contributed by atoms with Crippen LogP contribution in [0.25, 0.3) is 0 Å². The van der Waals surface area contributed by atoms with Crippen LogP contribution in [-0.2, 0) is 0 Å². The predicted molar refractivity (Wildman–Crippen MR) is 75.4 cm³/mol. The average Bonchev–Trinajstić information content (AvgIpc) is 2.41. The first-order chi connectivity index (χ1) is 9.52. The molecule has 0 aliphatic carbocycles. The van der Waals surface area contributed by atoms with E-state index in [0.717, 1.165) is 5.56 Å². The monoisotopic (exact) mass is 287 g/mol. The van der Waals surface area contributed by atoms with Gasteiger partial charge in [-0.1, -0.05) is 11.6 Å². The number of aryl methyl sites for hydroxylation is 1. The third kappa shape index (κ3) is 2.71. The number of nitriles is 1. The SMILES string of the molecule is Cc1ccnc(Nc2ccc(C(=O)O)cc2Cl)c1C#N. The third-order valence-corrected chi connectivity index (χ3v) is 3.05. The maximum absolute atomic E-state index is 10.8. The molecule has 0 fully saturated rings. The van der Waals surface area contributed by atoms with Gasteiger partial charge in [0, 0.05) is 6.20 Å². The maximum atomic E-state index is 10.8. The minimum atomic E-state index is -1.05. The van der Waals surface area contributed by atoms with E-state index >= 15 is 0 Å². The predicted octanol–water partition coefficient (Wildman–Crippen LogP) is 3.36. The lowest BCUT2D eigenvalue weighted by Gasteiger charge is -2.10. The van der Waals surface area contributed by atoms with Gasteiger partial charge in [0.2, 0.25) is 0 Å². The molecule has 2 rings (SSSR count). The molecule has 0 bridgehead atoms. The summed E-state index contributed by atoms with van der Waals surface area (Å²) in [4.78, 5) is 14.9. The van der Waals surface area contributed by atoms with Crippen molar-refractivity contribution in [1.29, 1.82) is 5.26 Å². The molecule has 0 radical (unpaired) electrons. The van der Waals surface area contributed by atoms with Crippen molar-refractivity contribution in [2.24, 2.45) is 0 Å². The largest absolute Gasteiger partial charge is 0.478 e. The van der Waals surface area contributed by atoms with E-state index in [4.69, 9.17) is 22.0 Å². The number of nitrogens with one attached hydrogen (secondary N) is 1. The van der Waals surface area contributed by atoms with Gasteiger partial charge in [-0.15, -0.1) is 0 Å². The van der Waals surface area contributed by atoms with E-state index in [-0.39, 0.29) is 10.6 Å². The van der Waals surface area contributed by atoms with Gasteiger partial charge in [-0.3, -0.25) is 0 Å². The number of anilines is 2. The van der Waals surface area contributed by atoms with Gasteiger partial charge in [0.1, 0.15) is 11.9 Å². The van der Waals surface area contributed by atoms with Crippen LogP contribution in [0.1, 0.15) is 21.5 Å². The lowest BCUT2D eigenvalue weighted by atomic mass is 10.1. The number of nitrogens with zero attached hydrogens (tertiary/aromatic N) is 2. The van der Waals surface area contributed by atoms with E-state index in [9.17, 15) is 4.79 Å². The normalized spacial score (nSPS) is 9.85. The van der Waals surface area contributed by atoms with Gasteiger partial charge < -0.3 is 10.4 Å². The van der Waals surface area contributed by atoms with Gasteiger partial charge in [-0.2, -0.15) is 5.26 Å². The van der Waals surface area contributed by atoms with Crippen molar-refractivity contribution in [3.8, 4) is 6.07 Å². The van der Waals surface area contributed by atoms with E-state index in [2.05, 4.69) is 16.4 Å². The lowest BCUT2D eigenvalue weighted by molar-refractivity contribution is 0.0697. The van der Waals surface area contributed by atoms with Crippen molar-refractivity contribution in [3.63, 3.8) is 0 Å². The first-order valence-corrected chi connectivity index (χ1v) is 6.06. The molecule has 0 atom stereocenters. The number of carboxylic acid groups (broad SMARTS) is 1. The van der Waals surface area contributed by atoms with Crippen molar-refractivity contribution in [2.45, 2.75) is 6.92 Å². The lowest BCUT2D eigenvalue weighted by Crippen LogP contribution is -2.01. The fourth-order valence-electron chi connectivity index (χ4n) is 1.67. The molecular formula is C14H10ClN3O2. The maximum Gasteiger partial charge on any atom is 0.335 e. The average molecular weight is 288 g/mol. The Balaban J connectivity index is 2.39. The number of benzene rings is 1. The molecule has 0 amide bonds. The summed E-state index contributed by atoms with van der Waals surface area (Å²) in [6.07, 6.45) is 1.58. The summed E-state index contributed by atoms with van der Waals surface area (Å²) < 4.78 is 0. The Labute approximate surface area is 120 Å². The Bertz CT molecular complexity index is 723. The number of carbonyl (C=O) groups is 1. The van der Waals surface area contributed by atoms with E-state index in [0.29, 0.717) is 17.1 Å². The van der Waals surface area contributed by atoms with Crippen molar-refractivity contribution < 1.29 is 9.90 Å². The highest BCUT2D eigenvalue weighted by Gasteiger charge is 2.11. The number of pyridine rings is 1. The molecule has 0 saturated heterocycles. The van der Waals surface area contributed by atoms with Crippen molar-refractivity contribution in [2.75, 3.05) is 5.32 Å². The van der Waals surface area contributed by atoms with Crippen molar-refractivity contribution in [1.82, 2.24) is 4.98 Å². The topological polar surface area (TPSA) is 86.0 Å². The van der Waals surface area contributed by atoms with Crippen LogP contribution in [0.15, 0.2) is 30.5 Å². The molecule has 2 aromatic rings. The van der Waals surface area contributed by atoms with Crippen LogP contribution in [0.5, 0.6) is 0 Å². The molecule has 20 heavy (non-hydrogen) atoms. The molecule has 100 valence electrons. The van der Waals surface area contributed by atoms with Crippen molar-refractivity contribution in [3.05, 3.63) is 52.2 Å². The fraction of sp³-hybridized carbons (Fsp3) is 0.0714. The molecule has 6 heteroatoms. The molecule has 0 spiro atoms. The van der Waals surface area contributed by atoms with Gasteiger partial charge in [-0.05, 0) is 36.8 Å². The number of aromatic nitrogens is 1. The summed E-state index contributed by atoms with van der Waals surface area (Å²) in [6.45, 7) is 1.81. The first kappa shape index (κ1) is 13.8. The molecular weight excluding hydrogens is 278 g/mol. The Morgan fingerprint density at radius 2 is 2.20 bits per heavy atom. The number of aromatic carboxylic acids is 1. The highest BCUT2D eigenvalue weighted by Crippen LogP contribution is 2.27. The zero-order chi connectivity index (χ0) is 14.7. The van der Waals surface area contributed by atoms with Crippen LogP contribution < -0.4 is 5.32 Å². The van der Waals surface area contributed by atoms with Crippen LogP contribution in [-0.4, -0.2) is 16.1 Å². The summed E-state index contributed by atoms with van der Waals surface area (Å²) >= 11 is 6.02. The number of hydrogen-bond acceptors (Lipinski definition) is 4. The Hall–Kier alpha value is -2.58. The number of carboxylic acids is 1. The van der Waals surface area contributed by atoms with Crippen LogP contribution in [0.2, 0.25) is 5.02 Å². The number of hydrogen-bond donors (Lipinski definition) is 2. The fourth-order valence-corrected chi connectivity index (χ4v) is 1.90. The van der Waals surface area contributed by atoms with E-state index < -0.39 is 5.97 Å². The van der Waals surface area contributed by atoms with Crippen LogP contribution >= 0.6 is 11.6 Å². The van der Waals surface area contributed by atoms with Gasteiger partial charge in [0.15, 0.2) is 0 Å². The Morgan fingerprint density at radius 3 is 2.80 bits per heavy atom. The standard InChI is InChI=1S/C14H10ClN3O2/c1-8-4-5-17-13(10(8)7-16)18-12-3-2-9(14(19)20)6-11(12)15/h2-6H,1H3,(H,17,18)(H,19,20). The van der Waals surface area contributed by atoms with E-state index in [1.165, 1.54) is 18.2 Å². The van der Waals surface area contributed by atoms with Crippen LogP contribution in [0, 0.1) is 18.3 Å². The molecule has 1 heterocycles. The molecule has 0 aliphatic rings. The molecule has 1 aromatic carbocycles. The molecule has 2 N–H and O–H groups in total. The summed E-state index contributed by atoms with van der Waals surface area (Å²) in [7, 11) is 0. The van der Waals surface area contributed by atoms with Gasteiger partial charge >= 0.3 is 5.97 Å². The number of halogens is 1. The molecule has 0 aliphatic heterocycles. The van der Waals surface area contributed by atoms with Crippen LogP contribution in [0.3, 0.4) is 0 Å². The second-order valence-corrected chi connectivity index (χ2v) is 4.50. The highest BCUT2D eigenvalue weighted by atomic mass is 35.5. The zero-order valence-corrected chi connectivity index (χ0v) is 11.3.